The smallest absolute Gasteiger partial charge is 0.254 e. The minimum Gasteiger partial charge on any atom is -0.494 e. The topological polar surface area (TPSA) is 99.2 Å². The predicted octanol–water partition coefficient (Wildman–Crippen LogP) is 2.13. The van der Waals surface area contributed by atoms with E-state index >= 15 is 0 Å². The Labute approximate surface area is 206 Å². The maximum atomic E-state index is 12.8. The molecule has 1 heterocycles. The number of carbonyl (C=O) groups is 3. The van der Waals surface area contributed by atoms with Crippen LogP contribution in [0.25, 0.3) is 11.1 Å². The molecule has 0 radical (unpaired) electrons. The van der Waals surface area contributed by atoms with Crippen LogP contribution in [-0.2, 0) is 9.59 Å². The summed E-state index contributed by atoms with van der Waals surface area (Å²) in [6, 6.07) is 13.3. The van der Waals surface area contributed by atoms with E-state index in [9.17, 15) is 14.4 Å². The molecule has 0 aliphatic carbocycles. The summed E-state index contributed by atoms with van der Waals surface area (Å²) in [6.45, 7) is 3.00. The number of hydrogen-bond donors (Lipinski definition) is 2. The highest BCUT2D eigenvalue weighted by Gasteiger charge is 2.32. The van der Waals surface area contributed by atoms with E-state index in [4.69, 9.17) is 9.84 Å². The molecule has 2 amide bonds. The normalized spacial score (nSPS) is 14.3. The van der Waals surface area contributed by atoms with Crippen molar-refractivity contribution in [2.75, 3.05) is 46.9 Å². The van der Waals surface area contributed by atoms with Gasteiger partial charge in [-0.2, -0.15) is 0 Å². The molecule has 1 aliphatic rings. The highest BCUT2D eigenvalue weighted by atomic mass is 16.5. The highest BCUT2D eigenvalue weighted by Crippen LogP contribution is 2.23. The molecule has 0 fully saturated rings. The van der Waals surface area contributed by atoms with Gasteiger partial charge in [-0.3, -0.25) is 19.3 Å². The number of benzene rings is 2. The zero-order valence-corrected chi connectivity index (χ0v) is 20.3. The van der Waals surface area contributed by atoms with E-state index in [0.717, 1.165) is 54.3 Å². The molecule has 186 valence electrons. The number of aliphatic hydroxyl groups excluding tert-OH is 1. The molecule has 2 N–H and O–H groups in total. The molecule has 3 rings (SSSR count). The monoisotopic (exact) mass is 479 g/mol. The molecular formula is C27H33N3O5. The van der Waals surface area contributed by atoms with Gasteiger partial charge in [0.05, 0.1) is 6.61 Å². The van der Waals surface area contributed by atoms with E-state index in [2.05, 4.69) is 22.4 Å². The lowest BCUT2D eigenvalue weighted by Gasteiger charge is -2.25. The van der Waals surface area contributed by atoms with Crippen LogP contribution in [0.15, 0.2) is 60.7 Å². The van der Waals surface area contributed by atoms with E-state index in [1.807, 2.05) is 36.4 Å². The molecule has 8 nitrogen and oxygen atoms in total. The standard InChI is InChI=1S/C27H33N3O5/c1-28-26(33)25(24(32)19-31)29(2)27(34)22-9-7-20(8-10-22)21-11-13-23(14-12-21)35-18-6-17-30-15-4-3-5-16-30/h3-4,7-14,25,31H,5-6,15-19H2,1-2H3,(H,28,33). The first-order valence-electron chi connectivity index (χ1n) is 11.8. The molecule has 1 unspecified atom stereocenters. The Morgan fingerprint density at radius 3 is 2.29 bits per heavy atom. The molecule has 2 aromatic carbocycles. The number of ketones is 1. The second kappa shape index (κ2) is 12.8. The van der Waals surface area contributed by atoms with Gasteiger partial charge in [-0.1, -0.05) is 36.4 Å². The Kier molecular flexibility index (Phi) is 9.57. The number of Topliss-reactive ketones (excluding diaryl/α,β-unsaturated/α-hetero) is 1. The Morgan fingerprint density at radius 2 is 1.71 bits per heavy atom. The Balaban J connectivity index is 1.56. The van der Waals surface area contributed by atoms with E-state index < -0.39 is 30.2 Å². The maximum Gasteiger partial charge on any atom is 0.254 e. The fraction of sp³-hybridized carbons (Fsp3) is 0.370. The average Bonchev–Trinajstić information content (AvgIpc) is 2.91. The third-order valence-corrected chi connectivity index (χ3v) is 6.01. The van der Waals surface area contributed by atoms with Gasteiger partial charge < -0.3 is 20.1 Å². The van der Waals surface area contributed by atoms with Crippen molar-refractivity contribution < 1.29 is 24.2 Å². The highest BCUT2D eigenvalue weighted by molar-refractivity contribution is 6.10. The number of hydrogen-bond acceptors (Lipinski definition) is 6. The minimum atomic E-state index is -1.39. The first-order chi connectivity index (χ1) is 16.9. The summed E-state index contributed by atoms with van der Waals surface area (Å²) in [5.74, 6) is -1.07. The average molecular weight is 480 g/mol. The lowest BCUT2D eigenvalue weighted by atomic mass is 10.0. The largest absolute Gasteiger partial charge is 0.494 e. The van der Waals surface area contributed by atoms with E-state index in [1.54, 1.807) is 12.1 Å². The molecule has 0 spiro atoms. The Hall–Kier alpha value is -3.49. The Morgan fingerprint density at radius 1 is 1.06 bits per heavy atom. The van der Waals surface area contributed by atoms with Crippen molar-refractivity contribution in [3.63, 3.8) is 0 Å². The van der Waals surface area contributed by atoms with Gasteiger partial charge in [-0.15, -0.1) is 0 Å². The van der Waals surface area contributed by atoms with Crippen molar-refractivity contribution >= 4 is 17.6 Å². The van der Waals surface area contributed by atoms with Crippen LogP contribution in [0, 0.1) is 0 Å². The van der Waals surface area contributed by atoms with Crippen LogP contribution in [0.1, 0.15) is 23.2 Å². The molecule has 0 bridgehead atoms. The quantitative estimate of drug-likeness (QED) is 0.291. The van der Waals surface area contributed by atoms with Gasteiger partial charge >= 0.3 is 0 Å². The predicted molar refractivity (Wildman–Crippen MR) is 134 cm³/mol. The van der Waals surface area contributed by atoms with Gasteiger partial charge in [0, 0.05) is 39.3 Å². The lowest BCUT2D eigenvalue weighted by molar-refractivity contribution is -0.135. The molecular weight excluding hydrogens is 446 g/mol. The van der Waals surface area contributed by atoms with Crippen LogP contribution >= 0.6 is 0 Å². The zero-order chi connectivity index (χ0) is 25.2. The summed E-state index contributed by atoms with van der Waals surface area (Å²) in [7, 11) is 2.74. The molecule has 0 saturated heterocycles. The van der Waals surface area contributed by atoms with Crippen LogP contribution in [0.2, 0.25) is 0 Å². The summed E-state index contributed by atoms with van der Waals surface area (Å²) >= 11 is 0. The minimum absolute atomic E-state index is 0.333. The van der Waals surface area contributed by atoms with Crippen LogP contribution in [0.5, 0.6) is 5.75 Å². The second-order valence-corrected chi connectivity index (χ2v) is 8.42. The van der Waals surface area contributed by atoms with E-state index in [1.165, 1.54) is 14.1 Å². The van der Waals surface area contributed by atoms with Gasteiger partial charge in [0.15, 0.2) is 11.8 Å². The molecule has 35 heavy (non-hydrogen) atoms. The zero-order valence-electron chi connectivity index (χ0n) is 20.3. The van der Waals surface area contributed by atoms with Crippen LogP contribution in [0.3, 0.4) is 0 Å². The van der Waals surface area contributed by atoms with Crippen LogP contribution < -0.4 is 10.1 Å². The Bertz CT molecular complexity index is 1020. The van der Waals surface area contributed by atoms with Gasteiger partial charge in [-0.05, 0) is 48.2 Å². The van der Waals surface area contributed by atoms with Crippen LogP contribution in [0.4, 0.5) is 0 Å². The third-order valence-electron chi connectivity index (χ3n) is 6.01. The number of carbonyl (C=O) groups excluding carboxylic acids is 3. The number of amides is 2. The first kappa shape index (κ1) is 26.1. The maximum absolute atomic E-state index is 12.8. The van der Waals surface area contributed by atoms with Crippen molar-refractivity contribution in [1.82, 2.24) is 15.1 Å². The first-order valence-corrected chi connectivity index (χ1v) is 11.8. The molecule has 1 atom stereocenters. The second-order valence-electron chi connectivity index (χ2n) is 8.42. The van der Waals surface area contributed by atoms with Crippen molar-refractivity contribution in [2.45, 2.75) is 18.9 Å². The van der Waals surface area contributed by atoms with Crippen molar-refractivity contribution in [2.24, 2.45) is 0 Å². The molecule has 8 heteroatoms. The third kappa shape index (κ3) is 7.00. The number of nitrogens with zero attached hydrogens (tertiary/aromatic N) is 2. The van der Waals surface area contributed by atoms with Crippen LogP contribution in [-0.4, -0.2) is 85.5 Å². The number of ether oxygens (including phenoxy) is 1. The summed E-state index contributed by atoms with van der Waals surface area (Å²) in [5, 5.41) is 11.5. The number of likely N-dealkylation sites (N-methyl/N-ethyl adjacent to an activating group) is 2. The number of nitrogens with one attached hydrogen (secondary N) is 1. The molecule has 0 aromatic heterocycles. The molecule has 1 aliphatic heterocycles. The fourth-order valence-electron chi connectivity index (χ4n) is 4.00. The molecule has 0 saturated carbocycles. The summed E-state index contributed by atoms with van der Waals surface area (Å²) < 4.78 is 5.87. The fourth-order valence-corrected chi connectivity index (χ4v) is 4.00. The van der Waals surface area contributed by atoms with Gasteiger partial charge in [-0.25, -0.2) is 0 Å². The number of aliphatic hydroxyl groups is 1. The summed E-state index contributed by atoms with van der Waals surface area (Å²) in [4.78, 5) is 40.3. The van der Waals surface area contributed by atoms with E-state index in [-0.39, 0.29) is 0 Å². The van der Waals surface area contributed by atoms with Gasteiger partial charge in [0.25, 0.3) is 5.91 Å². The van der Waals surface area contributed by atoms with Crippen molar-refractivity contribution in [3.05, 3.63) is 66.2 Å². The van der Waals surface area contributed by atoms with Gasteiger partial charge in [0.1, 0.15) is 12.4 Å². The van der Waals surface area contributed by atoms with Gasteiger partial charge in [0.2, 0.25) is 5.91 Å². The lowest BCUT2D eigenvalue weighted by Crippen LogP contribution is -2.52. The molecule has 2 aromatic rings. The summed E-state index contributed by atoms with van der Waals surface area (Å²) in [5.41, 5.74) is 2.23. The van der Waals surface area contributed by atoms with Crippen molar-refractivity contribution in [3.8, 4) is 16.9 Å². The summed E-state index contributed by atoms with van der Waals surface area (Å²) in [6.07, 6.45) is 6.53. The van der Waals surface area contributed by atoms with Crippen molar-refractivity contribution in [1.29, 1.82) is 0 Å². The number of rotatable bonds is 11. The van der Waals surface area contributed by atoms with E-state index in [0.29, 0.717) is 12.2 Å². The SMILES string of the molecule is CNC(=O)C(C(=O)CO)N(C)C(=O)c1ccc(-c2ccc(OCCCN3CC=CCC3)cc2)cc1.